The van der Waals surface area contributed by atoms with E-state index in [1.54, 1.807) is 34.0 Å². The van der Waals surface area contributed by atoms with Crippen LogP contribution in [-0.4, -0.2) is 48.7 Å². The van der Waals surface area contributed by atoms with Crippen molar-refractivity contribution in [2.75, 3.05) is 4.90 Å². The minimum Gasteiger partial charge on any atom is -0.871 e. The number of para-hydroxylation sites is 3. The lowest BCUT2D eigenvalue weighted by atomic mass is 9.81. The molecule has 18 rings (SSSR count). The van der Waals surface area contributed by atoms with Crippen molar-refractivity contribution in [3.63, 3.8) is 0 Å². The van der Waals surface area contributed by atoms with Crippen LogP contribution in [0.4, 0.5) is 17.1 Å². The molecule has 6 aromatic carbocycles. The number of rotatable bonds is 27. The quantitative estimate of drug-likeness (QED) is 0.0277. The highest BCUT2D eigenvalue weighted by Crippen LogP contribution is 2.53. The number of carbonyl (C=O) groups excluding carboxylic acids is 3. The molecule has 3 aliphatic carbocycles. The number of thiazole rings is 3. The lowest BCUT2D eigenvalue weighted by Gasteiger charge is -2.38. The Balaban J connectivity index is 0.645. The first kappa shape index (κ1) is 90.2. The summed E-state index contributed by atoms with van der Waals surface area (Å²) in [5, 5.41) is 45.8. The van der Waals surface area contributed by atoms with Gasteiger partial charge in [0, 0.05) is 140 Å². The average Bonchev–Trinajstić information content (AvgIpc) is 1.59. The first-order chi connectivity index (χ1) is 64.5. The van der Waals surface area contributed by atoms with Crippen LogP contribution in [0, 0.1) is 35.5 Å². The summed E-state index contributed by atoms with van der Waals surface area (Å²) in [4.78, 5) is 52.1. The van der Waals surface area contributed by atoms with Gasteiger partial charge in [-0.05, 0) is 277 Å². The van der Waals surface area contributed by atoms with Crippen LogP contribution in [0.3, 0.4) is 0 Å². The molecule has 13 nitrogen and oxygen atoms in total. The molecule has 0 fully saturated rings. The van der Waals surface area contributed by atoms with Crippen LogP contribution in [0.2, 0.25) is 0 Å². The summed E-state index contributed by atoms with van der Waals surface area (Å²) in [6.45, 7) is 28.4. The van der Waals surface area contributed by atoms with Crippen molar-refractivity contribution in [3.05, 3.63) is 369 Å². The Kier molecular flexibility index (Phi) is 25.6. The first-order valence-electron chi connectivity index (χ1n) is 47.4. The second kappa shape index (κ2) is 37.7. The lowest BCUT2D eigenvalue weighted by molar-refractivity contribution is -0.669. The minimum absolute atomic E-state index is 0.217. The fourth-order valence-electron chi connectivity index (χ4n) is 19.8. The van der Waals surface area contributed by atoms with Crippen LogP contribution in [0.25, 0.3) is 48.9 Å². The third kappa shape index (κ3) is 16.7. The normalized spacial score (nSPS) is 19.3. The number of aryl methyl sites for hydroxylation is 3. The van der Waals surface area contributed by atoms with Crippen molar-refractivity contribution in [1.29, 1.82) is 0 Å². The van der Waals surface area contributed by atoms with Gasteiger partial charge in [-0.1, -0.05) is 204 Å². The lowest BCUT2D eigenvalue weighted by Crippen LogP contribution is -2.40. The summed E-state index contributed by atoms with van der Waals surface area (Å²) < 4.78 is 10.1. The molecule has 0 bridgehead atoms. The van der Waals surface area contributed by atoms with E-state index in [2.05, 4.69) is 316 Å². The summed E-state index contributed by atoms with van der Waals surface area (Å²) in [6, 6.07) is 49.7. The summed E-state index contributed by atoms with van der Waals surface area (Å²) in [5.41, 5.74) is 19.4. The van der Waals surface area contributed by atoms with E-state index in [1.807, 2.05) is 72.9 Å². The van der Waals surface area contributed by atoms with Gasteiger partial charge in [-0.25, -0.2) is 0 Å². The van der Waals surface area contributed by atoms with E-state index < -0.39 is 16.6 Å². The van der Waals surface area contributed by atoms with Gasteiger partial charge in [0.05, 0.1) is 33.7 Å². The fraction of sp³-hybridized carbons (Fsp3) is 0.282. The Morgan fingerprint density at radius 1 is 0.346 bits per heavy atom. The zero-order chi connectivity index (χ0) is 92.7. The molecule has 9 aromatic rings. The predicted molar refractivity (Wildman–Crippen MR) is 536 cm³/mol. The molecule has 16 heteroatoms. The molecule has 0 radical (unpaired) electrons. The van der Waals surface area contributed by atoms with Crippen molar-refractivity contribution in [3.8, 4) is 35.5 Å². The van der Waals surface area contributed by atoms with Crippen molar-refractivity contribution in [2.24, 2.45) is 0 Å². The average molecular weight is 1810 g/mol. The second-order valence-corrected chi connectivity index (χ2v) is 40.0. The van der Waals surface area contributed by atoms with Gasteiger partial charge in [-0.15, -0.1) is 0 Å². The largest absolute Gasteiger partial charge is 0.871 e. The third-order valence-corrected chi connectivity index (χ3v) is 30.3. The molecule has 0 spiro atoms. The Bertz CT molecular complexity index is 6530. The SMILES string of the molecule is CCCCC1=C2C=CC=C(C#Cc3ccc(N(c4ccc(C#CC5=CC=CC6=C(CCCC)/C(=C\C7=C([O-])C(=C/c8sc9ccccc9[n+]8CCCC)/C7=O)C(C)(C)N56)cc4)c4ccc(C#CC5=CC=CC6=C(CCCC)/C(=C\C7=C([O-])C(=C\c8sc9ccccc9[n+]8CCCC)/C7=O)C(C)(C)N56)cc4)cc3)N2C(C)(C)/C1=C/C1=C([O-])C(=C/c2sc3ccccc3[n+]2CCCC)/C1=O. The number of anilines is 3. The van der Waals surface area contributed by atoms with Crippen LogP contribution in [0.1, 0.15) is 211 Å². The van der Waals surface area contributed by atoms with Gasteiger partial charge < -0.3 is 34.9 Å². The Morgan fingerprint density at radius 2 is 0.609 bits per heavy atom. The second-order valence-electron chi connectivity index (χ2n) is 36.8. The molecule has 133 heavy (non-hydrogen) atoms. The van der Waals surface area contributed by atoms with Crippen molar-refractivity contribution in [1.82, 2.24) is 14.7 Å². The maximum atomic E-state index is 14.3. The highest BCUT2D eigenvalue weighted by Gasteiger charge is 2.48. The number of hydrogen-bond acceptors (Lipinski definition) is 13. The molecule has 0 amide bonds. The zero-order valence-corrected chi connectivity index (χ0v) is 80.5. The Hall–Kier alpha value is -13.4. The molecular weight excluding hydrogens is 1700 g/mol. The number of fused-ring (bicyclic) bond motifs is 6. The van der Waals surface area contributed by atoms with Gasteiger partial charge in [-0.3, -0.25) is 14.4 Å². The molecule has 0 N–H and O–H groups in total. The van der Waals surface area contributed by atoms with Crippen molar-refractivity contribution < 1.29 is 43.4 Å². The summed E-state index contributed by atoms with van der Waals surface area (Å²) in [7, 11) is 0. The predicted octanol–water partition coefficient (Wildman–Crippen LogP) is 22.7. The third-order valence-electron chi connectivity index (χ3n) is 27.0. The maximum Gasteiger partial charge on any atom is 0.263 e. The summed E-state index contributed by atoms with van der Waals surface area (Å²) >= 11 is 4.83. The van der Waals surface area contributed by atoms with Crippen LogP contribution in [0.15, 0.2) is 337 Å². The number of Topliss-reactive ketones (excluding diaryl/α,β-unsaturated/α-hetero) is 3. The molecular formula is C117H111N7O6S3. The molecule has 9 heterocycles. The molecule has 0 saturated carbocycles. The van der Waals surface area contributed by atoms with E-state index in [1.165, 1.54) is 0 Å². The van der Waals surface area contributed by atoms with Crippen LogP contribution in [-0.2, 0) is 34.0 Å². The minimum atomic E-state index is -0.667. The fourth-order valence-corrected chi connectivity index (χ4v) is 23.2. The number of nitrogens with zero attached hydrogens (tertiary/aromatic N) is 7. The maximum absolute atomic E-state index is 14.3. The van der Waals surface area contributed by atoms with Crippen molar-refractivity contribution >= 4 is 117 Å². The van der Waals surface area contributed by atoms with E-state index in [4.69, 9.17) is 0 Å². The van der Waals surface area contributed by atoms with Crippen LogP contribution < -0.4 is 33.9 Å². The van der Waals surface area contributed by atoms with Gasteiger partial charge in [-0.2, -0.15) is 13.7 Å². The summed E-state index contributed by atoms with van der Waals surface area (Å²) in [5.74, 6) is 20.1. The van der Waals surface area contributed by atoms with E-state index in [-0.39, 0.29) is 68.1 Å². The molecule has 3 aromatic heterocycles. The van der Waals surface area contributed by atoms with Crippen molar-refractivity contribution in [2.45, 2.75) is 216 Å². The standard InChI is InChI=1S/C117H111N7O6S3/c1-13-19-37-85-94(70-88-109(125)91(110(88)126)73-106-118(67-22-16-4)100-40-25-28-46-103(100)131-106)115(7,8)122-82(34-31-43-97(85)122)64-55-76-49-58-79(59-50-76)121(80-60-51-77(52-61-80)56-65-83-35-32-44-98-86(38-20-14-2)95(116(9,10)123(83)98)71-89-111(127)92(112(89)128)74-107-119(68-23-17-5)101-41-26-29-47-104(101)132-107)81-62-53-78(54-63-81)57-66-84-36-33-45-99-87(39-21-15-3)96(117(11,12)124(84)99)72-90-113(129)93(114(90)130)75-108-120(69-24-18-6)102-42-27-30-48-105(102)133-108/h25-36,40-54,58-63,70-75H,13-24,37-39,67-69H2,1-12H3. The Morgan fingerprint density at radius 3 is 0.865 bits per heavy atom. The first-order valence-corrected chi connectivity index (χ1v) is 49.8. The molecule has 0 atom stereocenters. The number of benzene rings is 6. The molecule has 9 aliphatic rings. The van der Waals surface area contributed by atoms with E-state index in [0.29, 0.717) is 0 Å². The molecule has 6 aliphatic heterocycles. The van der Waals surface area contributed by atoms with Crippen LogP contribution in [0.5, 0.6) is 0 Å². The number of unbranched alkanes of at least 4 members (excludes halogenated alkanes) is 6. The van der Waals surface area contributed by atoms with Gasteiger partial charge in [0.2, 0.25) is 16.6 Å². The molecule has 668 valence electrons. The molecule has 0 saturated heterocycles. The van der Waals surface area contributed by atoms with Gasteiger partial charge in [0.15, 0.2) is 37.0 Å². The summed E-state index contributed by atoms with van der Waals surface area (Å²) in [6.07, 6.45) is 43.9. The van der Waals surface area contributed by atoms with E-state index >= 15 is 0 Å². The monoisotopic (exact) mass is 1810 g/mol. The van der Waals surface area contributed by atoms with E-state index in [9.17, 15) is 29.7 Å². The number of carbonyl (C=O) groups is 3. The number of hydrogen-bond donors (Lipinski definition) is 0. The topological polar surface area (TPSA) is 145 Å². The highest BCUT2D eigenvalue weighted by atomic mass is 32.1. The number of ketones is 3. The smallest absolute Gasteiger partial charge is 0.263 e. The van der Waals surface area contributed by atoms with E-state index in [0.717, 1.165) is 263 Å². The zero-order valence-electron chi connectivity index (χ0n) is 78.0. The number of allylic oxidation sites excluding steroid dienone is 21. The van der Waals surface area contributed by atoms with Crippen LogP contribution >= 0.6 is 34.0 Å². The van der Waals surface area contributed by atoms with Gasteiger partial charge in [0.1, 0.15) is 14.1 Å². The highest BCUT2D eigenvalue weighted by molar-refractivity contribution is 7.19. The Labute approximate surface area is 794 Å². The number of aromatic nitrogens is 3. The van der Waals surface area contributed by atoms with Gasteiger partial charge >= 0.3 is 0 Å². The van der Waals surface area contributed by atoms with Gasteiger partial charge in [0.25, 0.3) is 15.0 Å². The molecule has 0 unspecified atom stereocenters.